The summed E-state index contributed by atoms with van der Waals surface area (Å²) < 4.78 is 86.8. The molecule has 2 rings (SSSR count). The van der Waals surface area contributed by atoms with E-state index in [0.29, 0.717) is 0 Å². The van der Waals surface area contributed by atoms with Crippen LogP contribution in [-0.2, 0) is 38.1 Å². The number of primary sulfonamides is 2. The molecule has 0 radical (unpaired) electrons. The Hall–Kier alpha value is -1.26. The lowest BCUT2D eigenvalue weighted by molar-refractivity contribution is 0.595. The van der Waals surface area contributed by atoms with Gasteiger partial charge in [-0.2, -0.15) is 0 Å². The van der Waals surface area contributed by atoms with Crippen LogP contribution in [0.2, 0.25) is 0 Å². The number of sulfonamides is 2. The highest BCUT2D eigenvalue weighted by molar-refractivity contribution is 8.14. The molecule has 0 unspecified atom stereocenters. The molecule has 0 fully saturated rings. The Kier molecular flexibility index (Phi) is 7.63. The Labute approximate surface area is 171 Å². The summed E-state index contributed by atoms with van der Waals surface area (Å²) >= 11 is 0. The van der Waals surface area contributed by atoms with Gasteiger partial charge in [-0.1, -0.05) is 12.1 Å². The van der Waals surface area contributed by atoms with Crippen molar-refractivity contribution in [1.82, 2.24) is 0 Å². The highest BCUT2D eigenvalue weighted by atomic mass is 35.7. The van der Waals surface area contributed by atoms with Crippen molar-refractivity contribution in [3.63, 3.8) is 0 Å². The third-order valence-corrected chi connectivity index (χ3v) is 7.36. The van der Waals surface area contributed by atoms with E-state index in [4.69, 9.17) is 31.6 Å². The maximum absolute atomic E-state index is 10.9. The third kappa shape index (κ3) is 7.63. The minimum absolute atomic E-state index is 0.288. The van der Waals surface area contributed by atoms with Gasteiger partial charge in [-0.3, -0.25) is 0 Å². The first-order chi connectivity index (χ1) is 12.4. The number of rotatable bonds is 4. The molecule has 2 aromatic rings. The fourth-order valence-corrected chi connectivity index (χ4v) is 4.47. The molecule has 0 spiro atoms. The average Bonchev–Trinajstić information content (AvgIpc) is 2.52. The summed E-state index contributed by atoms with van der Waals surface area (Å²) in [5.41, 5.74) is 0. The van der Waals surface area contributed by atoms with Gasteiger partial charge in [-0.05, 0) is 36.4 Å². The molecule has 0 aliphatic heterocycles. The van der Waals surface area contributed by atoms with Gasteiger partial charge in [-0.15, -0.1) is 0 Å². The number of hydrogen-bond acceptors (Lipinski definition) is 8. The number of nitrogens with two attached hydrogens (primary N) is 2. The summed E-state index contributed by atoms with van der Waals surface area (Å²) in [4.78, 5) is -1.19. The second kappa shape index (κ2) is 8.62. The van der Waals surface area contributed by atoms with Crippen LogP contribution in [0.4, 0.5) is 0 Å². The van der Waals surface area contributed by atoms with Crippen LogP contribution >= 0.6 is 21.4 Å². The van der Waals surface area contributed by atoms with Gasteiger partial charge in [0.2, 0.25) is 20.0 Å². The molecule has 10 nitrogen and oxygen atoms in total. The van der Waals surface area contributed by atoms with Crippen molar-refractivity contribution in [3.05, 3.63) is 48.5 Å². The maximum Gasteiger partial charge on any atom is 0.261 e. The molecule has 0 saturated carbocycles. The van der Waals surface area contributed by atoms with E-state index in [1.54, 1.807) is 0 Å². The van der Waals surface area contributed by atoms with E-state index in [9.17, 15) is 33.7 Å². The van der Waals surface area contributed by atoms with E-state index in [2.05, 4.69) is 0 Å². The van der Waals surface area contributed by atoms with Crippen molar-refractivity contribution in [2.24, 2.45) is 10.3 Å². The highest BCUT2D eigenvalue weighted by Crippen LogP contribution is 2.21. The molecule has 0 saturated heterocycles. The van der Waals surface area contributed by atoms with Crippen molar-refractivity contribution in [3.8, 4) is 0 Å². The van der Waals surface area contributed by atoms with Crippen LogP contribution < -0.4 is 10.3 Å². The van der Waals surface area contributed by atoms with Crippen molar-refractivity contribution >= 4 is 59.5 Å². The van der Waals surface area contributed by atoms with Gasteiger partial charge in [0.15, 0.2) is 0 Å². The molecular weight excluding hydrogens is 499 g/mol. The first-order valence-corrected chi connectivity index (χ1v) is 14.3. The topological polar surface area (TPSA) is 189 Å². The van der Waals surface area contributed by atoms with Crippen LogP contribution in [0.3, 0.4) is 0 Å². The highest BCUT2D eigenvalue weighted by Gasteiger charge is 2.15. The Morgan fingerprint density at radius 3 is 1.04 bits per heavy atom. The molecule has 0 aromatic heterocycles. The van der Waals surface area contributed by atoms with E-state index >= 15 is 0 Å². The zero-order chi connectivity index (χ0) is 22.0. The first kappa shape index (κ1) is 24.8. The molecule has 16 heteroatoms. The van der Waals surface area contributed by atoms with Crippen LogP contribution in [0.15, 0.2) is 68.1 Å². The minimum atomic E-state index is -3.94. The number of benzene rings is 2. The van der Waals surface area contributed by atoms with E-state index in [1.807, 2.05) is 0 Å². The Morgan fingerprint density at radius 2 is 0.786 bits per heavy atom. The molecule has 0 atom stereocenters. The van der Waals surface area contributed by atoms with Gasteiger partial charge in [-0.25, -0.2) is 43.9 Å². The second-order valence-electron chi connectivity index (χ2n) is 4.92. The first-order valence-electron chi connectivity index (χ1n) is 6.57. The quantitative estimate of drug-likeness (QED) is 0.556. The van der Waals surface area contributed by atoms with Gasteiger partial charge in [0.05, 0.1) is 19.6 Å². The van der Waals surface area contributed by atoms with Crippen LogP contribution in [0.1, 0.15) is 0 Å². The Morgan fingerprint density at radius 1 is 0.536 bits per heavy atom. The molecule has 2 aromatic carbocycles. The van der Waals surface area contributed by atoms with Crippen molar-refractivity contribution in [2.45, 2.75) is 19.6 Å². The Bertz CT molecular complexity index is 1110. The fourth-order valence-electron chi connectivity index (χ4n) is 1.61. The van der Waals surface area contributed by atoms with E-state index < -0.39 is 38.1 Å². The number of halogens is 2. The third-order valence-electron chi connectivity index (χ3n) is 2.83. The summed E-state index contributed by atoms with van der Waals surface area (Å²) in [6.07, 6.45) is 0. The molecule has 0 heterocycles. The van der Waals surface area contributed by atoms with Gasteiger partial charge in [0, 0.05) is 21.4 Å². The summed E-state index contributed by atoms with van der Waals surface area (Å²) in [5, 5.41) is 9.61. The lowest BCUT2D eigenvalue weighted by Gasteiger charge is -2.00. The van der Waals surface area contributed by atoms with Gasteiger partial charge in [0.25, 0.3) is 18.1 Å². The van der Waals surface area contributed by atoms with E-state index in [0.717, 1.165) is 12.1 Å². The summed E-state index contributed by atoms with van der Waals surface area (Å²) in [7, 11) is -5.65. The largest absolute Gasteiger partial charge is 0.261 e. The van der Waals surface area contributed by atoms with Crippen molar-refractivity contribution < 1.29 is 33.7 Å². The van der Waals surface area contributed by atoms with Crippen LogP contribution in [0.25, 0.3) is 0 Å². The summed E-state index contributed by atoms with van der Waals surface area (Å²) in [5.74, 6) is 0. The molecule has 28 heavy (non-hydrogen) atoms. The smallest absolute Gasteiger partial charge is 0.225 e. The lowest BCUT2D eigenvalue weighted by atomic mass is 10.4. The molecule has 156 valence electrons. The molecule has 4 N–H and O–H groups in total. The average molecular weight is 511 g/mol. The van der Waals surface area contributed by atoms with Gasteiger partial charge < -0.3 is 0 Å². The standard InChI is InChI=1S/C6H4Cl2O4S2.C6H8N2O4S2/c2*7-13(9,10)5-2-1-3-6(4-5)14(8,11)12/h1-4H;1-4H,(H2,7,9,10)(H2,8,11,12). The van der Waals surface area contributed by atoms with Crippen LogP contribution in [0, 0.1) is 0 Å². The molecular formula is C12H12Cl2N2O8S4. The normalized spacial score (nSPS) is 12.7. The lowest BCUT2D eigenvalue weighted by Crippen LogP contribution is -2.15. The van der Waals surface area contributed by atoms with Crippen molar-refractivity contribution in [1.29, 1.82) is 0 Å². The minimum Gasteiger partial charge on any atom is -0.225 e. The van der Waals surface area contributed by atoms with Gasteiger partial charge >= 0.3 is 0 Å². The van der Waals surface area contributed by atoms with E-state index in [-0.39, 0.29) is 19.6 Å². The summed E-state index contributed by atoms with van der Waals surface area (Å²) in [6, 6.07) is 9.01. The zero-order valence-corrected chi connectivity index (χ0v) is 18.2. The second-order valence-corrected chi connectivity index (χ2v) is 13.2. The molecule has 0 bridgehead atoms. The Balaban J connectivity index is 0.000000280. The zero-order valence-electron chi connectivity index (χ0n) is 13.4. The monoisotopic (exact) mass is 510 g/mol. The van der Waals surface area contributed by atoms with Crippen molar-refractivity contribution in [2.75, 3.05) is 0 Å². The fraction of sp³-hybridized carbons (Fsp3) is 0. The molecule has 0 aliphatic carbocycles. The van der Waals surface area contributed by atoms with E-state index in [1.165, 1.54) is 36.4 Å². The van der Waals surface area contributed by atoms with Crippen LogP contribution in [0.5, 0.6) is 0 Å². The maximum atomic E-state index is 10.9. The molecule has 0 amide bonds. The predicted molar refractivity (Wildman–Crippen MR) is 102 cm³/mol. The number of hydrogen-bond donors (Lipinski definition) is 2. The summed E-state index contributed by atoms with van der Waals surface area (Å²) in [6.45, 7) is 0. The predicted octanol–water partition coefficient (Wildman–Crippen LogP) is 0.523. The molecule has 0 aliphatic rings. The SMILES string of the molecule is NS(=O)(=O)c1cccc(S(N)(=O)=O)c1.O=S(=O)(Cl)c1cccc(S(=O)(=O)Cl)c1. The van der Waals surface area contributed by atoms with Crippen LogP contribution in [-0.4, -0.2) is 33.7 Å². The van der Waals surface area contributed by atoms with Gasteiger partial charge in [0.1, 0.15) is 0 Å².